The molecule has 0 N–H and O–H groups in total. The van der Waals surface area contributed by atoms with E-state index in [-0.39, 0.29) is 11.1 Å². The molecule has 74 valence electrons. The average Bonchev–Trinajstić information content (AvgIpc) is 2.01. The Morgan fingerprint density at radius 3 is 2.50 bits per heavy atom. The van der Waals surface area contributed by atoms with Crippen LogP contribution in [0.1, 0.15) is 16.7 Å². The van der Waals surface area contributed by atoms with Crippen LogP contribution in [0.5, 0.6) is 0 Å². The summed E-state index contributed by atoms with van der Waals surface area (Å²) in [6.07, 6.45) is -5.31. The lowest BCUT2D eigenvalue weighted by Crippen LogP contribution is -2.12. The van der Waals surface area contributed by atoms with Gasteiger partial charge in [0.2, 0.25) is 0 Å². The number of rotatable bonds is 1. The van der Waals surface area contributed by atoms with Gasteiger partial charge >= 0.3 is 6.18 Å². The standard InChI is InChI=1S/C10H8F3N/c1-7-2-3-8(6-14)9(4-7)5-10(11,12)13/h2-4H,5H2,1H3. The highest BCUT2D eigenvalue weighted by Gasteiger charge is 2.28. The summed E-state index contributed by atoms with van der Waals surface area (Å²) in [6.45, 7) is 1.70. The van der Waals surface area contributed by atoms with Crippen molar-refractivity contribution in [2.24, 2.45) is 0 Å². The summed E-state index contributed by atoms with van der Waals surface area (Å²) in [4.78, 5) is 0. The van der Waals surface area contributed by atoms with Crippen LogP contribution in [0.15, 0.2) is 18.2 Å². The molecule has 0 bridgehead atoms. The van der Waals surface area contributed by atoms with Gasteiger partial charge in [-0.15, -0.1) is 0 Å². The molecule has 0 heterocycles. The molecule has 1 nitrogen and oxygen atoms in total. The minimum absolute atomic E-state index is 0.0417. The van der Waals surface area contributed by atoms with Crippen molar-refractivity contribution in [1.82, 2.24) is 0 Å². The van der Waals surface area contributed by atoms with E-state index >= 15 is 0 Å². The van der Waals surface area contributed by atoms with E-state index in [0.717, 1.165) is 5.56 Å². The molecule has 0 saturated heterocycles. The molecule has 0 fully saturated rings. The molecule has 4 heteroatoms. The molecular weight excluding hydrogens is 191 g/mol. The van der Waals surface area contributed by atoms with Crippen molar-refractivity contribution in [2.75, 3.05) is 0 Å². The van der Waals surface area contributed by atoms with Crippen molar-refractivity contribution >= 4 is 0 Å². The maximum absolute atomic E-state index is 12.1. The fraction of sp³-hybridized carbons (Fsp3) is 0.300. The predicted octanol–water partition coefficient (Wildman–Crippen LogP) is 2.97. The van der Waals surface area contributed by atoms with Crippen LogP contribution in [0, 0.1) is 18.3 Å². The Hall–Kier alpha value is -1.50. The smallest absolute Gasteiger partial charge is 0.192 e. The maximum Gasteiger partial charge on any atom is 0.393 e. The van der Waals surface area contributed by atoms with Gasteiger partial charge in [0.05, 0.1) is 18.1 Å². The number of halogens is 3. The molecule has 1 aromatic carbocycles. The van der Waals surface area contributed by atoms with Crippen molar-refractivity contribution in [3.05, 3.63) is 34.9 Å². The zero-order valence-electron chi connectivity index (χ0n) is 7.52. The van der Waals surface area contributed by atoms with Crippen LogP contribution in [0.3, 0.4) is 0 Å². The van der Waals surface area contributed by atoms with E-state index in [4.69, 9.17) is 5.26 Å². The summed E-state index contributed by atoms with van der Waals surface area (Å²) >= 11 is 0. The number of nitrogens with zero attached hydrogens (tertiary/aromatic N) is 1. The Morgan fingerprint density at radius 2 is 2.00 bits per heavy atom. The Kier molecular flexibility index (Phi) is 2.80. The Labute approximate surface area is 79.8 Å². The molecule has 0 atom stereocenters. The van der Waals surface area contributed by atoms with Gasteiger partial charge in [-0.2, -0.15) is 18.4 Å². The molecule has 0 aliphatic rings. The van der Waals surface area contributed by atoms with Gasteiger partial charge in [-0.05, 0) is 18.6 Å². The van der Waals surface area contributed by atoms with Crippen molar-refractivity contribution in [3.8, 4) is 6.07 Å². The molecule has 0 saturated carbocycles. The van der Waals surface area contributed by atoms with E-state index in [0.29, 0.717) is 0 Å². The Balaban J connectivity index is 3.07. The molecule has 0 radical (unpaired) electrons. The first-order valence-electron chi connectivity index (χ1n) is 3.99. The lowest BCUT2D eigenvalue weighted by molar-refractivity contribution is -0.127. The number of aryl methyl sites for hydroxylation is 1. The Morgan fingerprint density at radius 1 is 1.36 bits per heavy atom. The predicted molar refractivity (Wildman–Crippen MR) is 45.7 cm³/mol. The van der Waals surface area contributed by atoms with Gasteiger partial charge < -0.3 is 0 Å². The minimum Gasteiger partial charge on any atom is -0.192 e. The third-order valence-corrected chi connectivity index (χ3v) is 1.77. The van der Waals surface area contributed by atoms with Gasteiger partial charge in [-0.1, -0.05) is 17.7 Å². The highest BCUT2D eigenvalue weighted by atomic mass is 19.4. The van der Waals surface area contributed by atoms with Gasteiger partial charge in [-0.3, -0.25) is 0 Å². The lowest BCUT2D eigenvalue weighted by Gasteiger charge is -2.08. The van der Waals surface area contributed by atoms with Crippen molar-refractivity contribution < 1.29 is 13.2 Å². The second-order valence-electron chi connectivity index (χ2n) is 3.06. The number of hydrogen-bond donors (Lipinski definition) is 0. The lowest BCUT2D eigenvalue weighted by atomic mass is 10.0. The maximum atomic E-state index is 12.1. The van der Waals surface area contributed by atoms with E-state index in [1.54, 1.807) is 19.1 Å². The zero-order valence-corrected chi connectivity index (χ0v) is 7.52. The van der Waals surface area contributed by atoms with Crippen molar-refractivity contribution in [2.45, 2.75) is 19.5 Å². The van der Waals surface area contributed by atoms with Gasteiger partial charge in [0.15, 0.2) is 0 Å². The average molecular weight is 199 g/mol. The van der Waals surface area contributed by atoms with Crippen molar-refractivity contribution in [1.29, 1.82) is 5.26 Å². The number of nitriles is 1. The third-order valence-electron chi connectivity index (χ3n) is 1.77. The molecule has 1 aromatic rings. The fourth-order valence-corrected chi connectivity index (χ4v) is 1.19. The normalized spacial score (nSPS) is 11.1. The summed E-state index contributed by atoms with van der Waals surface area (Å²) in [5.74, 6) is 0. The fourth-order valence-electron chi connectivity index (χ4n) is 1.19. The first-order valence-corrected chi connectivity index (χ1v) is 3.99. The highest BCUT2D eigenvalue weighted by Crippen LogP contribution is 2.23. The van der Waals surface area contributed by atoms with E-state index in [2.05, 4.69) is 0 Å². The first-order chi connectivity index (χ1) is 6.42. The van der Waals surface area contributed by atoms with E-state index in [1.807, 2.05) is 0 Å². The molecule has 14 heavy (non-hydrogen) atoms. The summed E-state index contributed by atoms with van der Waals surface area (Å²) in [6, 6.07) is 6.18. The second-order valence-corrected chi connectivity index (χ2v) is 3.06. The topological polar surface area (TPSA) is 23.8 Å². The molecule has 0 spiro atoms. The van der Waals surface area contributed by atoms with Crippen LogP contribution in [0.4, 0.5) is 13.2 Å². The van der Waals surface area contributed by atoms with Gasteiger partial charge in [-0.25, -0.2) is 0 Å². The van der Waals surface area contributed by atoms with E-state index < -0.39 is 12.6 Å². The van der Waals surface area contributed by atoms with Crippen molar-refractivity contribution in [3.63, 3.8) is 0 Å². The first kappa shape index (κ1) is 10.6. The largest absolute Gasteiger partial charge is 0.393 e. The molecule has 1 rings (SSSR count). The van der Waals surface area contributed by atoms with Crippen LogP contribution >= 0.6 is 0 Å². The van der Waals surface area contributed by atoms with Gasteiger partial charge in [0.25, 0.3) is 0 Å². The van der Waals surface area contributed by atoms with Crippen LogP contribution in [-0.4, -0.2) is 6.18 Å². The summed E-state index contributed by atoms with van der Waals surface area (Å²) in [7, 11) is 0. The summed E-state index contributed by atoms with van der Waals surface area (Å²) in [5.41, 5.74) is 0.858. The SMILES string of the molecule is Cc1ccc(C#N)c(CC(F)(F)F)c1. The number of alkyl halides is 3. The van der Waals surface area contributed by atoms with E-state index in [9.17, 15) is 13.2 Å². The highest BCUT2D eigenvalue weighted by molar-refractivity contribution is 5.40. The number of hydrogen-bond acceptors (Lipinski definition) is 1. The van der Waals surface area contributed by atoms with Crippen LogP contribution < -0.4 is 0 Å². The van der Waals surface area contributed by atoms with Gasteiger partial charge in [0.1, 0.15) is 0 Å². The number of benzene rings is 1. The second kappa shape index (κ2) is 3.70. The van der Waals surface area contributed by atoms with Crippen LogP contribution in [0.2, 0.25) is 0 Å². The van der Waals surface area contributed by atoms with Gasteiger partial charge in [0, 0.05) is 0 Å². The molecule has 0 aromatic heterocycles. The molecular formula is C10H8F3N. The summed E-state index contributed by atoms with van der Waals surface area (Å²) in [5, 5.41) is 8.59. The molecule has 0 unspecified atom stereocenters. The summed E-state index contributed by atoms with van der Waals surface area (Å²) < 4.78 is 36.2. The molecule has 0 aliphatic heterocycles. The Bertz CT molecular complexity index is 374. The minimum atomic E-state index is -4.26. The zero-order chi connectivity index (χ0) is 10.8. The third kappa shape index (κ3) is 2.77. The van der Waals surface area contributed by atoms with E-state index in [1.165, 1.54) is 12.1 Å². The monoisotopic (exact) mass is 199 g/mol. The van der Waals surface area contributed by atoms with Crippen LogP contribution in [-0.2, 0) is 6.42 Å². The van der Waals surface area contributed by atoms with Crippen LogP contribution in [0.25, 0.3) is 0 Å². The molecule has 0 amide bonds. The molecule has 0 aliphatic carbocycles. The quantitative estimate of drug-likeness (QED) is 0.682.